The van der Waals surface area contributed by atoms with E-state index in [9.17, 15) is 5.11 Å². The summed E-state index contributed by atoms with van der Waals surface area (Å²) in [5, 5.41) is 9.44. The highest BCUT2D eigenvalue weighted by molar-refractivity contribution is 7.41. The summed E-state index contributed by atoms with van der Waals surface area (Å²) in [5.41, 5.74) is -0.392. The Morgan fingerprint density at radius 3 is 1.69 bits per heavy atom. The average molecular weight is 206 g/mol. The predicted molar refractivity (Wildman–Crippen MR) is 48.1 cm³/mol. The minimum absolute atomic E-state index is 0.0103. The van der Waals surface area contributed by atoms with Crippen LogP contribution in [0.15, 0.2) is 0 Å². The quantitative estimate of drug-likeness (QED) is 0.659. The average Bonchev–Trinajstić information content (AvgIpc) is 2.03. The fourth-order valence-corrected chi connectivity index (χ4v) is 3.65. The van der Waals surface area contributed by atoms with Gasteiger partial charge in [0.15, 0.2) is 0 Å². The molecule has 3 aliphatic heterocycles. The van der Waals surface area contributed by atoms with Crippen molar-refractivity contribution in [3.63, 3.8) is 0 Å². The van der Waals surface area contributed by atoms with Crippen LogP contribution in [0, 0.1) is 5.41 Å². The maximum atomic E-state index is 9.44. The lowest BCUT2D eigenvalue weighted by molar-refractivity contribution is -0.200. The molecule has 3 rings (SSSR count). The first-order chi connectivity index (χ1) is 6.11. The molecule has 0 radical (unpaired) electrons. The van der Waals surface area contributed by atoms with E-state index in [0.717, 1.165) is 0 Å². The van der Waals surface area contributed by atoms with Crippen LogP contribution in [0.5, 0.6) is 0 Å². The zero-order valence-electron chi connectivity index (χ0n) is 8.06. The molecule has 0 aliphatic carbocycles. The van der Waals surface area contributed by atoms with E-state index in [1.807, 2.05) is 20.8 Å². The van der Waals surface area contributed by atoms with E-state index in [-0.39, 0.29) is 24.9 Å². The molecule has 3 unspecified atom stereocenters. The zero-order valence-corrected chi connectivity index (χ0v) is 8.95. The maximum Gasteiger partial charge on any atom is 0.333 e. The van der Waals surface area contributed by atoms with Crippen molar-refractivity contribution in [2.45, 2.75) is 39.1 Å². The molecule has 3 aliphatic rings. The monoisotopic (exact) mass is 206 g/mol. The van der Waals surface area contributed by atoms with Gasteiger partial charge in [-0.25, -0.2) is 0 Å². The van der Waals surface area contributed by atoms with Gasteiger partial charge in [0.25, 0.3) is 0 Å². The molecule has 0 amide bonds. The Kier molecular flexibility index (Phi) is 2.37. The predicted octanol–water partition coefficient (Wildman–Crippen LogP) is 1.43. The first-order valence-electron chi connectivity index (χ1n) is 4.52. The van der Waals surface area contributed by atoms with E-state index in [1.54, 1.807) is 0 Å². The largest absolute Gasteiger partial charge is 0.395 e. The Morgan fingerprint density at radius 2 is 1.46 bits per heavy atom. The van der Waals surface area contributed by atoms with Crippen LogP contribution >= 0.6 is 8.60 Å². The van der Waals surface area contributed by atoms with Crippen molar-refractivity contribution in [1.82, 2.24) is 0 Å². The molecule has 0 aromatic heterocycles. The number of hydrogen-bond acceptors (Lipinski definition) is 4. The van der Waals surface area contributed by atoms with Crippen molar-refractivity contribution >= 4 is 8.60 Å². The van der Waals surface area contributed by atoms with Crippen molar-refractivity contribution in [2.75, 3.05) is 6.61 Å². The zero-order chi connectivity index (χ0) is 9.64. The van der Waals surface area contributed by atoms with E-state index < -0.39 is 14.0 Å². The number of aliphatic hydroxyl groups is 1. The highest BCUT2D eigenvalue weighted by Crippen LogP contribution is 2.61. The molecule has 2 bridgehead atoms. The summed E-state index contributed by atoms with van der Waals surface area (Å²) < 4.78 is 16.4. The van der Waals surface area contributed by atoms with Gasteiger partial charge in [-0.05, 0) is 20.8 Å². The molecule has 3 heterocycles. The third kappa shape index (κ3) is 1.17. The van der Waals surface area contributed by atoms with Crippen molar-refractivity contribution in [1.29, 1.82) is 0 Å². The molecule has 3 atom stereocenters. The standard InChI is InChI=1S/C8H15O4P/c1-5-8(4-9)6(2)11-13(10-5)12-7(8)3/h5-7,9H,4H2,1-3H3. The van der Waals surface area contributed by atoms with Gasteiger partial charge in [-0.3, -0.25) is 0 Å². The Morgan fingerprint density at radius 1 is 1.08 bits per heavy atom. The molecule has 4 nitrogen and oxygen atoms in total. The summed E-state index contributed by atoms with van der Waals surface area (Å²) >= 11 is 0. The maximum absolute atomic E-state index is 9.44. The SMILES string of the molecule is CC1OP2OC(C)C1(CO)C(C)O2. The van der Waals surface area contributed by atoms with Gasteiger partial charge in [-0.2, -0.15) is 0 Å². The molecule has 76 valence electrons. The van der Waals surface area contributed by atoms with Crippen LogP contribution in [-0.2, 0) is 13.6 Å². The van der Waals surface area contributed by atoms with Gasteiger partial charge in [-0.15, -0.1) is 0 Å². The van der Waals surface area contributed by atoms with Gasteiger partial charge in [0, 0.05) is 0 Å². The van der Waals surface area contributed by atoms with Crippen LogP contribution in [-0.4, -0.2) is 30.0 Å². The van der Waals surface area contributed by atoms with Crippen LogP contribution in [0.3, 0.4) is 0 Å². The smallest absolute Gasteiger partial charge is 0.333 e. The van der Waals surface area contributed by atoms with Crippen molar-refractivity contribution in [3.8, 4) is 0 Å². The van der Waals surface area contributed by atoms with Crippen molar-refractivity contribution < 1.29 is 18.7 Å². The second-order valence-electron chi connectivity index (χ2n) is 3.74. The Bertz CT molecular complexity index is 179. The molecule has 0 spiro atoms. The summed E-state index contributed by atoms with van der Waals surface area (Å²) in [6.07, 6.45) is 0.0309. The summed E-state index contributed by atoms with van der Waals surface area (Å²) in [5.74, 6) is 0. The first kappa shape index (κ1) is 9.81. The molecule has 1 N–H and O–H groups in total. The summed E-state index contributed by atoms with van der Waals surface area (Å²) in [4.78, 5) is 0. The lowest BCUT2D eigenvalue weighted by atomic mass is 9.74. The lowest BCUT2D eigenvalue weighted by Gasteiger charge is -2.55. The van der Waals surface area contributed by atoms with E-state index in [4.69, 9.17) is 13.6 Å². The fourth-order valence-electron chi connectivity index (χ4n) is 2.13. The van der Waals surface area contributed by atoms with E-state index >= 15 is 0 Å². The van der Waals surface area contributed by atoms with Gasteiger partial charge in [0.1, 0.15) is 0 Å². The second-order valence-corrected chi connectivity index (χ2v) is 4.82. The minimum atomic E-state index is -1.17. The highest BCUT2D eigenvalue weighted by atomic mass is 31.2. The summed E-state index contributed by atoms with van der Waals surface area (Å²) in [6, 6.07) is 0. The second kappa shape index (κ2) is 3.14. The molecular formula is C8H15O4P. The van der Waals surface area contributed by atoms with Gasteiger partial charge < -0.3 is 18.7 Å². The minimum Gasteiger partial charge on any atom is -0.395 e. The first-order valence-corrected chi connectivity index (χ1v) is 5.62. The topological polar surface area (TPSA) is 47.9 Å². The summed E-state index contributed by atoms with van der Waals surface area (Å²) in [7, 11) is -1.17. The van der Waals surface area contributed by atoms with Crippen LogP contribution in [0.4, 0.5) is 0 Å². The summed E-state index contributed by atoms with van der Waals surface area (Å²) in [6.45, 7) is 5.97. The Hall–Kier alpha value is 0.270. The number of fused-ring (bicyclic) bond motifs is 3. The Labute approximate surface area is 79.2 Å². The third-order valence-electron chi connectivity index (χ3n) is 3.28. The normalized spacial score (nSPS) is 55.4. The van der Waals surface area contributed by atoms with Crippen molar-refractivity contribution in [2.24, 2.45) is 5.41 Å². The fraction of sp³-hybridized carbons (Fsp3) is 1.00. The van der Waals surface area contributed by atoms with Gasteiger partial charge in [-0.1, -0.05) is 0 Å². The molecule has 0 aromatic rings. The molecule has 5 heteroatoms. The lowest BCUT2D eigenvalue weighted by Crippen LogP contribution is -2.60. The van der Waals surface area contributed by atoms with E-state index in [0.29, 0.717) is 0 Å². The van der Waals surface area contributed by atoms with E-state index in [1.165, 1.54) is 0 Å². The van der Waals surface area contributed by atoms with Crippen LogP contribution in [0.25, 0.3) is 0 Å². The molecule has 0 saturated carbocycles. The number of aliphatic hydroxyl groups excluding tert-OH is 1. The number of rotatable bonds is 1. The van der Waals surface area contributed by atoms with Crippen LogP contribution in [0.2, 0.25) is 0 Å². The van der Waals surface area contributed by atoms with Gasteiger partial charge in [0.05, 0.1) is 30.3 Å². The van der Waals surface area contributed by atoms with Crippen LogP contribution in [0.1, 0.15) is 20.8 Å². The van der Waals surface area contributed by atoms with E-state index in [2.05, 4.69) is 0 Å². The third-order valence-corrected chi connectivity index (χ3v) is 4.74. The molecule has 3 fully saturated rings. The molecule has 0 aromatic carbocycles. The van der Waals surface area contributed by atoms with Gasteiger partial charge >= 0.3 is 8.60 Å². The molecular weight excluding hydrogens is 191 g/mol. The molecule has 13 heavy (non-hydrogen) atoms. The van der Waals surface area contributed by atoms with Gasteiger partial charge in [0.2, 0.25) is 0 Å². The highest BCUT2D eigenvalue weighted by Gasteiger charge is 2.58. The Balaban J connectivity index is 2.32. The van der Waals surface area contributed by atoms with Crippen LogP contribution < -0.4 is 0 Å². The number of hydrogen-bond donors (Lipinski definition) is 1. The van der Waals surface area contributed by atoms with Crippen molar-refractivity contribution in [3.05, 3.63) is 0 Å². The molecule has 3 saturated heterocycles.